The number of hydrogen-bond donors (Lipinski definition) is 0. The Labute approximate surface area is 102 Å². The topological polar surface area (TPSA) is 47.1 Å². The van der Waals surface area contributed by atoms with E-state index in [1.807, 2.05) is 28.2 Å². The summed E-state index contributed by atoms with van der Waals surface area (Å²) in [5.74, 6) is 0. The van der Waals surface area contributed by atoms with E-state index in [9.17, 15) is 9.59 Å². The summed E-state index contributed by atoms with van der Waals surface area (Å²) in [6.45, 7) is 0. The molecule has 0 unspecified atom stereocenters. The van der Waals surface area contributed by atoms with Gasteiger partial charge in [-0.2, -0.15) is 0 Å². The Morgan fingerprint density at radius 1 is 0.706 bits per heavy atom. The molecule has 4 amide bonds. The molecule has 2 aliphatic rings. The molecule has 0 aromatic carbocycles. The Hall–Kier alpha value is -1.03. The van der Waals surface area contributed by atoms with Gasteiger partial charge in [-0.15, -0.1) is 0 Å². The first-order chi connectivity index (χ1) is 7.84. The van der Waals surface area contributed by atoms with Crippen LogP contribution in [0.5, 0.6) is 0 Å². The summed E-state index contributed by atoms with van der Waals surface area (Å²) < 4.78 is 0. The zero-order valence-corrected chi connectivity index (χ0v) is 11.9. The fourth-order valence-electron chi connectivity index (χ4n) is 3.17. The van der Waals surface area contributed by atoms with Gasteiger partial charge in [-0.1, -0.05) is 0 Å². The molecule has 0 N–H and O–H groups in total. The Morgan fingerprint density at radius 3 is 1.18 bits per heavy atom. The van der Waals surface area contributed by atoms with Crippen molar-refractivity contribution >= 4 is 19.3 Å². The third kappa shape index (κ3) is 2.06. The molecule has 7 heteroatoms. The molecule has 2 saturated heterocycles. The number of carbonyl (C=O) groups excluding carboxylic acids is 2. The molecule has 2 rings (SSSR count). The van der Waals surface area contributed by atoms with Crippen LogP contribution in [0.15, 0.2) is 0 Å². The second-order valence-electron chi connectivity index (χ2n) is 5.49. The van der Waals surface area contributed by atoms with E-state index in [1.165, 1.54) is 0 Å². The van der Waals surface area contributed by atoms with Crippen LogP contribution in [-0.2, 0) is 0 Å². The van der Waals surface area contributed by atoms with Gasteiger partial charge in [0.2, 0.25) is 0 Å². The SMILES string of the molecule is CN1C[PH]2(CN(C)C1=O)CN(C)C(=O)N(C)C2. The molecule has 0 aromatic heterocycles. The molecule has 2 aliphatic heterocycles. The predicted octanol–water partition coefficient (Wildman–Crippen LogP) is 0.561. The van der Waals surface area contributed by atoms with E-state index in [4.69, 9.17) is 0 Å². The van der Waals surface area contributed by atoms with Gasteiger partial charge in [0.05, 0.1) is 0 Å². The number of carbonyl (C=O) groups is 2. The molecular weight excluding hydrogens is 239 g/mol. The molecular formula is C10H21N4O2P. The van der Waals surface area contributed by atoms with Crippen molar-refractivity contribution in [2.45, 2.75) is 0 Å². The summed E-state index contributed by atoms with van der Waals surface area (Å²) in [6.07, 6.45) is 3.38. The van der Waals surface area contributed by atoms with Crippen molar-refractivity contribution in [1.29, 1.82) is 0 Å². The van der Waals surface area contributed by atoms with Crippen LogP contribution in [0.4, 0.5) is 9.59 Å². The maximum absolute atomic E-state index is 11.8. The third-order valence-corrected chi connectivity index (χ3v) is 8.18. The van der Waals surface area contributed by atoms with Crippen molar-refractivity contribution in [2.75, 3.05) is 53.3 Å². The monoisotopic (exact) mass is 260 g/mol. The van der Waals surface area contributed by atoms with Gasteiger partial charge < -0.3 is 0 Å². The first kappa shape index (κ1) is 12.4. The van der Waals surface area contributed by atoms with Crippen LogP contribution in [-0.4, -0.2) is 85.0 Å². The van der Waals surface area contributed by atoms with E-state index in [0.717, 1.165) is 25.1 Å². The number of hydrogen-bond acceptors (Lipinski definition) is 2. The van der Waals surface area contributed by atoms with Crippen LogP contribution in [0.1, 0.15) is 0 Å². The van der Waals surface area contributed by atoms with Crippen LogP contribution in [0.2, 0.25) is 0 Å². The average Bonchev–Trinajstić information content (AvgIpc) is 2.22. The van der Waals surface area contributed by atoms with Crippen LogP contribution in [0.25, 0.3) is 0 Å². The van der Waals surface area contributed by atoms with E-state index >= 15 is 0 Å². The number of nitrogens with zero attached hydrogens (tertiary/aromatic N) is 4. The molecule has 1 spiro atoms. The normalized spacial score (nSPS) is 26.8. The Bertz CT molecular complexity index is 297. The van der Waals surface area contributed by atoms with Gasteiger partial charge in [0.15, 0.2) is 0 Å². The first-order valence-corrected chi connectivity index (χ1v) is 8.60. The first-order valence-electron chi connectivity index (χ1n) is 5.77. The standard InChI is InChI=1S/C10H21N4O2P/c1-11-5-17(6-12(2)9(11)15)7-13(3)10(16)14(4)8-17/h17H,5-8H2,1-4H3. The van der Waals surface area contributed by atoms with Crippen LogP contribution in [0, 0.1) is 0 Å². The van der Waals surface area contributed by atoms with Gasteiger partial charge in [-0.3, -0.25) is 0 Å². The van der Waals surface area contributed by atoms with Crippen molar-refractivity contribution in [3.05, 3.63) is 0 Å². The van der Waals surface area contributed by atoms with E-state index in [2.05, 4.69) is 0 Å². The zero-order valence-electron chi connectivity index (χ0n) is 10.9. The van der Waals surface area contributed by atoms with Gasteiger partial charge >= 0.3 is 102 Å². The van der Waals surface area contributed by atoms with E-state index in [0.29, 0.717) is 0 Å². The van der Waals surface area contributed by atoms with Crippen molar-refractivity contribution in [2.24, 2.45) is 0 Å². The summed E-state index contributed by atoms with van der Waals surface area (Å²) in [6, 6.07) is 0.177. The molecule has 0 aliphatic carbocycles. The Kier molecular flexibility index (Phi) is 2.94. The second-order valence-corrected chi connectivity index (χ2v) is 9.75. The van der Waals surface area contributed by atoms with Gasteiger partial charge in [-0.25, -0.2) is 0 Å². The van der Waals surface area contributed by atoms with Crippen LogP contribution < -0.4 is 0 Å². The Balaban J connectivity index is 2.20. The van der Waals surface area contributed by atoms with Crippen LogP contribution >= 0.6 is 7.26 Å². The molecule has 2 heterocycles. The van der Waals surface area contributed by atoms with Gasteiger partial charge in [0.25, 0.3) is 0 Å². The van der Waals surface area contributed by atoms with E-state index < -0.39 is 7.26 Å². The number of amides is 4. The molecule has 0 bridgehead atoms. The predicted molar refractivity (Wildman–Crippen MR) is 69.6 cm³/mol. The minimum absolute atomic E-state index is 0.0883. The summed E-state index contributed by atoms with van der Waals surface area (Å²) >= 11 is 0. The molecule has 0 radical (unpaired) electrons. The summed E-state index contributed by atoms with van der Waals surface area (Å²) in [7, 11) is 5.76. The Morgan fingerprint density at radius 2 is 0.941 bits per heavy atom. The van der Waals surface area contributed by atoms with Crippen LogP contribution in [0.3, 0.4) is 0 Å². The van der Waals surface area contributed by atoms with Crippen molar-refractivity contribution in [3.63, 3.8) is 0 Å². The van der Waals surface area contributed by atoms with Gasteiger partial charge in [0.1, 0.15) is 0 Å². The molecule has 6 nitrogen and oxygen atoms in total. The summed E-state index contributed by atoms with van der Waals surface area (Å²) in [5, 5.41) is 0. The fourth-order valence-corrected chi connectivity index (χ4v) is 8.33. The second kappa shape index (κ2) is 4.02. The fraction of sp³-hybridized carbons (Fsp3) is 0.800. The molecule has 17 heavy (non-hydrogen) atoms. The van der Waals surface area contributed by atoms with Crippen molar-refractivity contribution in [1.82, 2.24) is 19.6 Å². The minimum atomic E-state index is -1.64. The average molecular weight is 260 g/mol. The van der Waals surface area contributed by atoms with Gasteiger partial charge in [-0.05, 0) is 0 Å². The molecule has 0 atom stereocenters. The summed E-state index contributed by atoms with van der Waals surface area (Å²) in [4.78, 5) is 30.7. The molecule has 0 saturated carbocycles. The van der Waals surface area contributed by atoms with Gasteiger partial charge in [0, 0.05) is 0 Å². The number of urea groups is 2. The number of rotatable bonds is 0. The van der Waals surface area contributed by atoms with Crippen molar-refractivity contribution < 1.29 is 9.59 Å². The zero-order chi connectivity index (χ0) is 12.8. The molecule has 2 fully saturated rings. The third-order valence-electron chi connectivity index (χ3n) is 3.60. The quantitative estimate of drug-likeness (QED) is 0.597. The van der Waals surface area contributed by atoms with Crippen molar-refractivity contribution in [3.8, 4) is 0 Å². The van der Waals surface area contributed by atoms with E-state index in [1.54, 1.807) is 19.6 Å². The van der Waals surface area contributed by atoms with E-state index in [-0.39, 0.29) is 12.1 Å². The molecule has 0 aromatic rings. The molecule has 98 valence electrons. The summed E-state index contributed by atoms with van der Waals surface area (Å²) in [5.41, 5.74) is 0. The maximum atomic E-state index is 11.8.